The molecule has 0 bridgehead atoms. The topological polar surface area (TPSA) is 79.6 Å². The number of amides is 1. The van der Waals surface area contributed by atoms with E-state index in [1.807, 2.05) is 9.58 Å². The Balaban J connectivity index is 1.41. The lowest BCUT2D eigenvalue weighted by Gasteiger charge is -2.35. The first kappa shape index (κ1) is 18.2. The van der Waals surface area contributed by atoms with E-state index in [2.05, 4.69) is 32.2 Å². The van der Waals surface area contributed by atoms with Gasteiger partial charge in [0.05, 0.1) is 26.3 Å². The van der Waals surface area contributed by atoms with E-state index in [4.69, 9.17) is 4.74 Å². The lowest BCUT2D eigenvalue weighted by atomic mass is 10.3. The van der Waals surface area contributed by atoms with Gasteiger partial charge in [0.25, 0.3) is 0 Å². The summed E-state index contributed by atoms with van der Waals surface area (Å²) < 4.78 is 7.22. The lowest BCUT2D eigenvalue weighted by Crippen LogP contribution is -2.51. The van der Waals surface area contributed by atoms with E-state index in [0.717, 1.165) is 71.0 Å². The van der Waals surface area contributed by atoms with Gasteiger partial charge in [-0.3, -0.25) is 14.6 Å². The highest BCUT2D eigenvalue weighted by atomic mass is 16.5. The first-order chi connectivity index (χ1) is 12.3. The first-order valence-electron chi connectivity index (χ1n) is 9.31. The molecule has 2 aliphatic rings. The van der Waals surface area contributed by atoms with Crippen molar-refractivity contribution in [2.24, 2.45) is 0 Å². The van der Waals surface area contributed by atoms with Crippen LogP contribution in [0.25, 0.3) is 0 Å². The second kappa shape index (κ2) is 9.21. The molecular formula is C16H29N7O2. The molecule has 9 nitrogen and oxygen atoms in total. The number of ether oxygens (including phenoxy) is 1. The molecule has 2 saturated heterocycles. The van der Waals surface area contributed by atoms with Gasteiger partial charge in [0.1, 0.15) is 0 Å². The molecule has 3 rings (SSSR count). The van der Waals surface area contributed by atoms with Crippen molar-refractivity contribution in [3.05, 3.63) is 5.82 Å². The zero-order valence-electron chi connectivity index (χ0n) is 15.1. The van der Waals surface area contributed by atoms with E-state index in [1.54, 1.807) is 0 Å². The van der Waals surface area contributed by atoms with Gasteiger partial charge in [-0.25, -0.2) is 4.68 Å². The molecule has 2 aliphatic heterocycles. The predicted molar refractivity (Wildman–Crippen MR) is 91.8 cm³/mol. The fraction of sp³-hybridized carbons (Fsp3) is 0.875. The van der Waals surface area contributed by atoms with E-state index in [0.29, 0.717) is 19.8 Å². The van der Waals surface area contributed by atoms with E-state index < -0.39 is 0 Å². The van der Waals surface area contributed by atoms with Crippen LogP contribution in [0, 0.1) is 0 Å². The molecule has 0 unspecified atom stereocenters. The summed E-state index contributed by atoms with van der Waals surface area (Å²) in [4.78, 5) is 18.9. The molecule has 0 radical (unpaired) electrons. The molecule has 140 valence electrons. The Morgan fingerprint density at radius 1 is 1.08 bits per heavy atom. The number of aromatic nitrogens is 4. The molecule has 0 atom stereocenters. The van der Waals surface area contributed by atoms with E-state index in [9.17, 15) is 4.79 Å². The number of hydrogen-bond acceptors (Lipinski definition) is 7. The van der Waals surface area contributed by atoms with Crippen LogP contribution >= 0.6 is 0 Å². The van der Waals surface area contributed by atoms with E-state index in [1.165, 1.54) is 0 Å². The Kier molecular flexibility index (Phi) is 6.71. The summed E-state index contributed by atoms with van der Waals surface area (Å²) in [6.07, 6.45) is 2.23. The van der Waals surface area contributed by atoms with Crippen molar-refractivity contribution in [1.29, 1.82) is 0 Å². The number of piperazine rings is 1. The first-order valence-corrected chi connectivity index (χ1v) is 9.31. The third kappa shape index (κ3) is 5.20. The maximum Gasteiger partial charge on any atom is 0.236 e. The molecule has 0 saturated carbocycles. The summed E-state index contributed by atoms with van der Waals surface area (Å²) in [5, 5.41) is 12.1. The number of carbonyl (C=O) groups is 1. The van der Waals surface area contributed by atoms with E-state index >= 15 is 0 Å². The van der Waals surface area contributed by atoms with Crippen molar-refractivity contribution in [3.8, 4) is 0 Å². The summed E-state index contributed by atoms with van der Waals surface area (Å²) >= 11 is 0. The highest BCUT2D eigenvalue weighted by molar-refractivity contribution is 5.78. The Morgan fingerprint density at radius 3 is 2.52 bits per heavy atom. The molecular weight excluding hydrogens is 322 g/mol. The van der Waals surface area contributed by atoms with Crippen LogP contribution in [0.3, 0.4) is 0 Å². The lowest BCUT2D eigenvalue weighted by molar-refractivity contribution is -0.136. The highest BCUT2D eigenvalue weighted by Gasteiger charge is 2.23. The van der Waals surface area contributed by atoms with Gasteiger partial charge in [0.15, 0.2) is 5.82 Å². The van der Waals surface area contributed by atoms with Crippen LogP contribution in [0.1, 0.15) is 25.6 Å². The number of morpholine rings is 1. The van der Waals surface area contributed by atoms with Crippen LogP contribution in [0.4, 0.5) is 0 Å². The van der Waals surface area contributed by atoms with Gasteiger partial charge in [-0.2, -0.15) is 0 Å². The number of carbonyl (C=O) groups excluding carboxylic acids is 1. The van der Waals surface area contributed by atoms with Gasteiger partial charge in [0.2, 0.25) is 5.91 Å². The standard InChI is InChI=1S/C16H29N7O2/c1-2-3-4-23-15(17-18-19-23)13-20-5-7-21(8-6-20)14-16(24)22-9-11-25-12-10-22/h2-14H2,1H3. The molecule has 0 N–H and O–H groups in total. The minimum absolute atomic E-state index is 0.222. The van der Waals surface area contributed by atoms with Gasteiger partial charge in [-0.1, -0.05) is 13.3 Å². The average molecular weight is 351 g/mol. The van der Waals surface area contributed by atoms with Gasteiger partial charge in [-0.15, -0.1) is 5.10 Å². The van der Waals surface area contributed by atoms with Gasteiger partial charge >= 0.3 is 0 Å². The fourth-order valence-electron chi connectivity index (χ4n) is 3.23. The van der Waals surface area contributed by atoms with Gasteiger partial charge < -0.3 is 9.64 Å². The van der Waals surface area contributed by atoms with Crippen molar-refractivity contribution >= 4 is 5.91 Å². The Bertz CT molecular complexity index is 536. The third-order valence-electron chi connectivity index (χ3n) is 4.88. The quantitative estimate of drug-likeness (QED) is 0.652. The molecule has 0 aromatic carbocycles. The average Bonchev–Trinajstić information content (AvgIpc) is 3.09. The molecule has 1 amide bonds. The normalized spacial score (nSPS) is 20.1. The van der Waals surface area contributed by atoms with Crippen molar-refractivity contribution < 1.29 is 9.53 Å². The molecule has 2 fully saturated rings. The van der Waals surface area contributed by atoms with Crippen LogP contribution in [-0.2, 0) is 22.6 Å². The Labute approximate surface area is 148 Å². The Hall–Kier alpha value is -1.58. The summed E-state index contributed by atoms with van der Waals surface area (Å²) in [5.74, 6) is 1.16. The molecule has 1 aromatic heterocycles. The number of unbranched alkanes of at least 4 members (excludes halogenated alkanes) is 1. The summed E-state index contributed by atoms with van der Waals surface area (Å²) in [6.45, 7) is 10.8. The zero-order chi connectivity index (χ0) is 17.5. The van der Waals surface area contributed by atoms with Crippen LogP contribution in [0.5, 0.6) is 0 Å². The maximum absolute atomic E-state index is 12.3. The fourth-order valence-corrected chi connectivity index (χ4v) is 3.23. The minimum Gasteiger partial charge on any atom is -0.378 e. The maximum atomic E-state index is 12.3. The summed E-state index contributed by atoms with van der Waals surface area (Å²) in [5.41, 5.74) is 0. The SMILES string of the molecule is CCCCn1nnnc1CN1CCN(CC(=O)N2CCOCC2)CC1. The van der Waals surface area contributed by atoms with Crippen molar-refractivity contribution in [2.75, 3.05) is 59.0 Å². The van der Waals surface area contributed by atoms with Crippen LogP contribution < -0.4 is 0 Å². The molecule has 9 heteroatoms. The van der Waals surface area contributed by atoms with Crippen LogP contribution in [0.15, 0.2) is 0 Å². The number of nitrogens with zero attached hydrogens (tertiary/aromatic N) is 7. The van der Waals surface area contributed by atoms with Crippen LogP contribution in [-0.4, -0.2) is 99.8 Å². The highest BCUT2D eigenvalue weighted by Crippen LogP contribution is 2.08. The Morgan fingerprint density at radius 2 is 1.80 bits per heavy atom. The van der Waals surface area contributed by atoms with Gasteiger partial charge in [-0.05, 0) is 16.8 Å². The largest absolute Gasteiger partial charge is 0.378 e. The molecule has 3 heterocycles. The van der Waals surface area contributed by atoms with Crippen molar-refractivity contribution in [3.63, 3.8) is 0 Å². The summed E-state index contributed by atoms with van der Waals surface area (Å²) in [6, 6.07) is 0. The van der Waals surface area contributed by atoms with E-state index in [-0.39, 0.29) is 5.91 Å². The second-order valence-electron chi connectivity index (χ2n) is 6.72. The molecule has 0 aliphatic carbocycles. The van der Waals surface area contributed by atoms with Crippen LogP contribution in [0.2, 0.25) is 0 Å². The minimum atomic E-state index is 0.222. The van der Waals surface area contributed by atoms with Crippen molar-refractivity contribution in [1.82, 2.24) is 34.9 Å². The zero-order valence-corrected chi connectivity index (χ0v) is 15.1. The second-order valence-corrected chi connectivity index (χ2v) is 6.72. The number of tetrazole rings is 1. The third-order valence-corrected chi connectivity index (χ3v) is 4.88. The van der Waals surface area contributed by atoms with Crippen molar-refractivity contribution in [2.45, 2.75) is 32.9 Å². The smallest absolute Gasteiger partial charge is 0.236 e. The number of rotatable bonds is 7. The molecule has 0 spiro atoms. The molecule has 1 aromatic rings. The summed E-state index contributed by atoms with van der Waals surface area (Å²) in [7, 11) is 0. The number of aryl methyl sites for hydroxylation is 1. The predicted octanol–water partition coefficient (Wildman–Crippen LogP) is -0.550. The van der Waals surface area contributed by atoms with Gasteiger partial charge in [0, 0.05) is 45.8 Å². The monoisotopic (exact) mass is 351 g/mol. The number of hydrogen-bond donors (Lipinski definition) is 0. The molecule has 25 heavy (non-hydrogen) atoms.